The SMILES string of the molecule is COC(C)(C)CCOC(=O)c1cccc(S(N)(=O)=O)c1. The number of sulfonamides is 1. The number of esters is 1. The molecular formula is C13H19NO5S. The summed E-state index contributed by atoms with van der Waals surface area (Å²) >= 11 is 0. The quantitative estimate of drug-likeness (QED) is 0.799. The van der Waals surface area contributed by atoms with Gasteiger partial charge in [-0.15, -0.1) is 0 Å². The van der Waals surface area contributed by atoms with Gasteiger partial charge < -0.3 is 9.47 Å². The van der Waals surface area contributed by atoms with Crippen LogP contribution in [0.3, 0.4) is 0 Å². The molecule has 0 aliphatic rings. The average molecular weight is 301 g/mol. The van der Waals surface area contributed by atoms with Crippen LogP contribution < -0.4 is 5.14 Å². The summed E-state index contributed by atoms with van der Waals surface area (Å²) in [6.45, 7) is 3.93. The molecule has 0 fully saturated rings. The Labute approximate surface area is 118 Å². The molecule has 0 amide bonds. The third-order valence-corrected chi connectivity index (χ3v) is 3.80. The van der Waals surface area contributed by atoms with Crippen LogP contribution in [0.1, 0.15) is 30.6 Å². The second-order valence-corrected chi connectivity index (χ2v) is 6.48. The fraction of sp³-hybridized carbons (Fsp3) is 0.462. The smallest absolute Gasteiger partial charge is 0.338 e. The second-order valence-electron chi connectivity index (χ2n) is 4.92. The van der Waals surface area contributed by atoms with Crippen molar-refractivity contribution in [1.82, 2.24) is 0 Å². The minimum absolute atomic E-state index is 0.121. The molecule has 0 saturated heterocycles. The van der Waals surface area contributed by atoms with Crippen molar-refractivity contribution in [2.45, 2.75) is 30.8 Å². The highest BCUT2D eigenvalue weighted by molar-refractivity contribution is 7.89. The largest absolute Gasteiger partial charge is 0.462 e. The summed E-state index contributed by atoms with van der Waals surface area (Å²) in [5, 5.41) is 5.00. The fourth-order valence-corrected chi connectivity index (χ4v) is 1.93. The van der Waals surface area contributed by atoms with Gasteiger partial charge in [0.05, 0.1) is 22.7 Å². The Morgan fingerprint density at radius 1 is 1.35 bits per heavy atom. The van der Waals surface area contributed by atoms with E-state index in [1.165, 1.54) is 24.3 Å². The van der Waals surface area contributed by atoms with Crippen molar-refractivity contribution in [1.29, 1.82) is 0 Å². The summed E-state index contributed by atoms with van der Waals surface area (Å²) in [6.07, 6.45) is 0.532. The predicted molar refractivity (Wildman–Crippen MR) is 73.8 cm³/mol. The summed E-state index contributed by atoms with van der Waals surface area (Å²) in [6, 6.07) is 5.42. The van der Waals surface area contributed by atoms with Gasteiger partial charge in [0.2, 0.25) is 10.0 Å². The van der Waals surface area contributed by atoms with Gasteiger partial charge >= 0.3 is 5.97 Å². The van der Waals surface area contributed by atoms with Crippen LogP contribution in [0.2, 0.25) is 0 Å². The molecule has 2 N–H and O–H groups in total. The standard InChI is InChI=1S/C13H19NO5S/c1-13(2,18-3)7-8-19-12(15)10-5-4-6-11(9-10)20(14,16)17/h4-6,9H,7-8H2,1-3H3,(H2,14,16,17). The summed E-state index contributed by atoms with van der Waals surface area (Å²) in [7, 11) is -2.25. The zero-order valence-electron chi connectivity index (χ0n) is 11.8. The molecule has 0 aromatic heterocycles. The second kappa shape index (κ2) is 6.34. The van der Waals surface area contributed by atoms with Gasteiger partial charge in [0, 0.05) is 13.5 Å². The Bertz CT molecular complexity index is 580. The maximum Gasteiger partial charge on any atom is 0.338 e. The van der Waals surface area contributed by atoms with Crippen LogP contribution in [0.15, 0.2) is 29.2 Å². The van der Waals surface area contributed by atoms with Crippen molar-refractivity contribution in [2.24, 2.45) is 5.14 Å². The summed E-state index contributed by atoms with van der Waals surface area (Å²) in [5.41, 5.74) is -0.241. The lowest BCUT2D eigenvalue weighted by Crippen LogP contribution is -2.25. The molecule has 0 unspecified atom stereocenters. The molecule has 6 nitrogen and oxygen atoms in total. The molecule has 20 heavy (non-hydrogen) atoms. The lowest BCUT2D eigenvalue weighted by molar-refractivity contribution is -0.00564. The molecule has 0 aliphatic heterocycles. The Hall–Kier alpha value is -1.44. The minimum atomic E-state index is -3.83. The van der Waals surface area contributed by atoms with Crippen LogP contribution in [0.25, 0.3) is 0 Å². The lowest BCUT2D eigenvalue weighted by atomic mass is 10.1. The maximum atomic E-state index is 11.8. The molecule has 112 valence electrons. The van der Waals surface area contributed by atoms with Crippen molar-refractivity contribution in [3.05, 3.63) is 29.8 Å². The fourth-order valence-electron chi connectivity index (χ4n) is 1.37. The van der Waals surface area contributed by atoms with E-state index in [1.54, 1.807) is 7.11 Å². The van der Waals surface area contributed by atoms with E-state index in [2.05, 4.69) is 0 Å². The molecule has 1 rings (SSSR count). The third-order valence-electron chi connectivity index (χ3n) is 2.89. The van der Waals surface area contributed by atoms with E-state index < -0.39 is 16.0 Å². The Kier molecular flexibility index (Phi) is 5.27. The Balaban J connectivity index is 2.70. The van der Waals surface area contributed by atoms with Gasteiger partial charge in [0.1, 0.15) is 0 Å². The van der Waals surface area contributed by atoms with Crippen LogP contribution in [-0.4, -0.2) is 33.7 Å². The van der Waals surface area contributed by atoms with Crippen LogP contribution >= 0.6 is 0 Å². The zero-order chi connectivity index (χ0) is 15.4. The molecule has 0 atom stereocenters. The monoisotopic (exact) mass is 301 g/mol. The average Bonchev–Trinajstić information content (AvgIpc) is 2.37. The van der Waals surface area contributed by atoms with Crippen molar-refractivity contribution in [2.75, 3.05) is 13.7 Å². The van der Waals surface area contributed by atoms with Crippen LogP contribution in [-0.2, 0) is 19.5 Å². The first kappa shape index (κ1) is 16.6. The van der Waals surface area contributed by atoms with Crippen molar-refractivity contribution in [3.8, 4) is 0 Å². The van der Waals surface area contributed by atoms with Gasteiger partial charge in [-0.05, 0) is 32.0 Å². The van der Waals surface area contributed by atoms with E-state index in [-0.39, 0.29) is 22.7 Å². The van der Waals surface area contributed by atoms with E-state index in [4.69, 9.17) is 14.6 Å². The van der Waals surface area contributed by atoms with Crippen LogP contribution in [0.5, 0.6) is 0 Å². The number of nitrogens with two attached hydrogens (primary N) is 1. The summed E-state index contributed by atoms with van der Waals surface area (Å²) in [5.74, 6) is -0.595. The number of carbonyl (C=O) groups excluding carboxylic acids is 1. The van der Waals surface area contributed by atoms with Gasteiger partial charge in [-0.3, -0.25) is 0 Å². The van der Waals surface area contributed by atoms with Gasteiger partial charge in [-0.1, -0.05) is 6.07 Å². The van der Waals surface area contributed by atoms with Crippen molar-refractivity contribution in [3.63, 3.8) is 0 Å². The van der Waals surface area contributed by atoms with E-state index in [1.807, 2.05) is 13.8 Å². The zero-order valence-corrected chi connectivity index (χ0v) is 12.6. The molecule has 7 heteroatoms. The van der Waals surface area contributed by atoms with Crippen LogP contribution in [0, 0.1) is 0 Å². The summed E-state index contributed by atoms with van der Waals surface area (Å²) < 4.78 is 32.7. The molecule has 0 bridgehead atoms. The number of hydrogen-bond acceptors (Lipinski definition) is 5. The molecule has 1 aromatic rings. The number of primary sulfonamides is 1. The van der Waals surface area contributed by atoms with Gasteiger partial charge in [-0.2, -0.15) is 0 Å². The normalized spacial score (nSPS) is 12.2. The highest BCUT2D eigenvalue weighted by Gasteiger charge is 2.18. The van der Waals surface area contributed by atoms with Crippen LogP contribution in [0.4, 0.5) is 0 Å². The van der Waals surface area contributed by atoms with E-state index >= 15 is 0 Å². The molecular weight excluding hydrogens is 282 g/mol. The summed E-state index contributed by atoms with van der Waals surface area (Å²) in [4.78, 5) is 11.7. The van der Waals surface area contributed by atoms with E-state index in [9.17, 15) is 13.2 Å². The topological polar surface area (TPSA) is 95.7 Å². The number of methoxy groups -OCH3 is 1. The maximum absolute atomic E-state index is 11.8. The lowest BCUT2D eigenvalue weighted by Gasteiger charge is -2.22. The highest BCUT2D eigenvalue weighted by Crippen LogP contribution is 2.14. The highest BCUT2D eigenvalue weighted by atomic mass is 32.2. The molecule has 0 saturated carbocycles. The number of benzene rings is 1. The number of carbonyl (C=O) groups is 1. The molecule has 0 radical (unpaired) electrons. The molecule has 1 aromatic carbocycles. The number of hydrogen-bond donors (Lipinski definition) is 1. The van der Waals surface area contributed by atoms with Gasteiger partial charge in [0.25, 0.3) is 0 Å². The first-order valence-corrected chi connectivity index (χ1v) is 7.55. The Morgan fingerprint density at radius 3 is 2.55 bits per heavy atom. The minimum Gasteiger partial charge on any atom is -0.462 e. The Morgan fingerprint density at radius 2 is 2.00 bits per heavy atom. The first-order chi connectivity index (χ1) is 9.15. The van der Waals surface area contributed by atoms with E-state index in [0.29, 0.717) is 6.42 Å². The van der Waals surface area contributed by atoms with Crippen molar-refractivity contribution < 1.29 is 22.7 Å². The van der Waals surface area contributed by atoms with E-state index in [0.717, 1.165) is 0 Å². The predicted octanol–water partition coefficient (Wildman–Crippen LogP) is 1.31. The van der Waals surface area contributed by atoms with Gasteiger partial charge in [-0.25, -0.2) is 18.4 Å². The van der Waals surface area contributed by atoms with Gasteiger partial charge in [0.15, 0.2) is 0 Å². The first-order valence-electron chi connectivity index (χ1n) is 6.01. The number of rotatable bonds is 6. The molecule has 0 aliphatic carbocycles. The third kappa shape index (κ3) is 4.92. The van der Waals surface area contributed by atoms with Crippen molar-refractivity contribution >= 4 is 16.0 Å². The molecule has 0 heterocycles. The number of ether oxygens (including phenoxy) is 2. The molecule has 0 spiro atoms.